The molecule has 1 rings (SSSR count). The van der Waals surface area contributed by atoms with E-state index in [0.29, 0.717) is 0 Å². The van der Waals surface area contributed by atoms with Crippen molar-refractivity contribution < 1.29 is 9.53 Å². The third-order valence-corrected chi connectivity index (χ3v) is 2.75. The van der Waals surface area contributed by atoms with E-state index in [-0.39, 0.29) is 17.4 Å². The van der Waals surface area contributed by atoms with E-state index in [9.17, 15) is 14.4 Å². The molecule has 1 amide bonds. The first-order valence-electron chi connectivity index (χ1n) is 6.01. The summed E-state index contributed by atoms with van der Waals surface area (Å²) < 4.78 is 6.83. The zero-order valence-corrected chi connectivity index (χ0v) is 12.9. The summed E-state index contributed by atoms with van der Waals surface area (Å²) in [5, 5.41) is 2.00. The number of nitrogens with one attached hydrogen (secondary N) is 1. The lowest BCUT2D eigenvalue weighted by molar-refractivity contribution is 0.0635. The second-order valence-corrected chi connectivity index (χ2v) is 5.59. The highest BCUT2D eigenvalue weighted by molar-refractivity contribution is 6.32. The molecule has 0 aliphatic carbocycles. The largest absolute Gasteiger partial charge is 0.444 e. The number of rotatable bonds is 2. The predicted octanol–water partition coefficient (Wildman–Crippen LogP) is 1.18. The van der Waals surface area contributed by atoms with Gasteiger partial charge in [-0.1, -0.05) is 17.5 Å². The SMILES string of the molecule is C#CCn1c(Cl)c(NC(=O)OC(C)(C)C)c(=O)n(C)c1=O. The molecule has 1 aromatic rings. The first kappa shape index (κ1) is 16.9. The molecule has 0 atom stereocenters. The lowest BCUT2D eigenvalue weighted by atomic mass is 10.2. The van der Waals surface area contributed by atoms with Crippen molar-refractivity contribution in [3.8, 4) is 12.3 Å². The Morgan fingerprint density at radius 1 is 1.43 bits per heavy atom. The van der Waals surface area contributed by atoms with Gasteiger partial charge in [-0.25, -0.2) is 9.59 Å². The highest BCUT2D eigenvalue weighted by Crippen LogP contribution is 2.16. The first-order valence-corrected chi connectivity index (χ1v) is 6.39. The second-order valence-electron chi connectivity index (χ2n) is 5.23. The van der Waals surface area contributed by atoms with Gasteiger partial charge in [0, 0.05) is 7.05 Å². The maximum atomic E-state index is 12.0. The van der Waals surface area contributed by atoms with Crippen LogP contribution in [0.15, 0.2) is 9.59 Å². The molecule has 0 unspecified atom stereocenters. The Kier molecular flexibility index (Phi) is 4.86. The van der Waals surface area contributed by atoms with Gasteiger partial charge in [0.05, 0.1) is 6.54 Å². The van der Waals surface area contributed by atoms with Gasteiger partial charge in [0.25, 0.3) is 5.56 Å². The highest BCUT2D eigenvalue weighted by atomic mass is 35.5. The van der Waals surface area contributed by atoms with Gasteiger partial charge in [-0.3, -0.25) is 19.2 Å². The molecule has 0 aliphatic rings. The Bertz CT molecular complexity index is 719. The van der Waals surface area contributed by atoms with Crippen molar-refractivity contribution in [3.63, 3.8) is 0 Å². The summed E-state index contributed by atoms with van der Waals surface area (Å²) in [6.07, 6.45) is 4.30. The maximum absolute atomic E-state index is 12.0. The number of carbonyl (C=O) groups is 1. The molecule has 0 fully saturated rings. The smallest absolute Gasteiger partial charge is 0.412 e. The molecule has 0 aliphatic heterocycles. The van der Waals surface area contributed by atoms with E-state index < -0.39 is 22.9 Å². The molecule has 0 saturated heterocycles. The van der Waals surface area contributed by atoms with Crippen LogP contribution < -0.4 is 16.6 Å². The van der Waals surface area contributed by atoms with Gasteiger partial charge in [0.15, 0.2) is 0 Å². The standard InChI is InChI=1S/C13H16ClN3O4/c1-6-7-17-9(14)8(10(18)16(5)12(17)20)15-11(19)21-13(2,3)4/h1H,7H2,2-5H3,(H,15,19). The minimum absolute atomic E-state index is 0.130. The lowest BCUT2D eigenvalue weighted by Gasteiger charge is -2.20. The van der Waals surface area contributed by atoms with Crippen molar-refractivity contribution in [2.24, 2.45) is 7.05 Å². The van der Waals surface area contributed by atoms with Gasteiger partial charge in [-0.15, -0.1) is 6.42 Å². The molecule has 0 saturated carbocycles. The number of halogens is 1. The van der Waals surface area contributed by atoms with Crippen molar-refractivity contribution >= 4 is 23.4 Å². The number of terminal acetylenes is 1. The van der Waals surface area contributed by atoms with Crippen molar-refractivity contribution in [1.29, 1.82) is 0 Å². The number of aromatic nitrogens is 2. The molecule has 0 spiro atoms. The summed E-state index contributed by atoms with van der Waals surface area (Å²) in [5.41, 5.74) is -2.42. The minimum Gasteiger partial charge on any atom is -0.444 e. The second kappa shape index (κ2) is 6.06. The van der Waals surface area contributed by atoms with Gasteiger partial charge >= 0.3 is 11.8 Å². The Hall–Kier alpha value is -2.20. The van der Waals surface area contributed by atoms with E-state index in [1.807, 2.05) is 0 Å². The number of amides is 1. The van der Waals surface area contributed by atoms with E-state index in [4.69, 9.17) is 22.8 Å². The normalized spacial score (nSPS) is 10.9. The Labute approximate surface area is 126 Å². The molecular formula is C13H16ClN3O4. The number of nitrogens with zero attached hydrogens (tertiary/aromatic N) is 2. The number of carbonyl (C=O) groups excluding carboxylic acids is 1. The van der Waals surface area contributed by atoms with Gasteiger partial charge in [-0.05, 0) is 20.8 Å². The van der Waals surface area contributed by atoms with E-state index in [1.54, 1.807) is 20.8 Å². The van der Waals surface area contributed by atoms with Gasteiger partial charge in [0.2, 0.25) is 0 Å². The lowest BCUT2D eigenvalue weighted by Crippen LogP contribution is -2.40. The van der Waals surface area contributed by atoms with Crippen LogP contribution in [-0.2, 0) is 18.3 Å². The molecule has 0 radical (unpaired) electrons. The number of anilines is 1. The van der Waals surface area contributed by atoms with Crippen LogP contribution in [0.5, 0.6) is 0 Å². The van der Waals surface area contributed by atoms with Crippen LogP contribution in [0.4, 0.5) is 10.5 Å². The summed E-state index contributed by atoms with van der Waals surface area (Å²) in [4.78, 5) is 35.6. The molecule has 7 nitrogen and oxygen atoms in total. The zero-order chi connectivity index (χ0) is 16.4. The molecular weight excluding hydrogens is 298 g/mol. The fourth-order valence-corrected chi connectivity index (χ4v) is 1.74. The van der Waals surface area contributed by atoms with E-state index >= 15 is 0 Å². The fraction of sp³-hybridized carbons (Fsp3) is 0.462. The summed E-state index contributed by atoms with van der Waals surface area (Å²) in [5.74, 6) is 2.25. The van der Waals surface area contributed by atoms with E-state index in [0.717, 1.165) is 9.13 Å². The van der Waals surface area contributed by atoms with Crippen LogP contribution in [0.25, 0.3) is 0 Å². The molecule has 21 heavy (non-hydrogen) atoms. The topological polar surface area (TPSA) is 82.3 Å². The molecule has 0 aromatic carbocycles. The fourth-order valence-electron chi connectivity index (χ4n) is 1.48. The van der Waals surface area contributed by atoms with Crippen LogP contribution in [0, 0.1) is 12.3 Å². The zero-order valence-electron chi connectivity index (χ0n) is 12.2. The average Bonchev–Trinajstić information content (AvgIpc) is 2.35. The molecule has 0 bridgehead atoms. The molecule has 114 valence electrons. The Balaban J connectivity index is 3.32. The number of ether oxygens (including phenoxy) is 1. The summed E-state index contributed by atoms with van der Waals surface area (Å²) >= 11 is 5.97. The molecule has 8 heteroatoms. The van der Waals surface area contributed by atoms with E-state index in [1.165, 1.54) is 7.05 Å². The average molecular weight is 314 g/mol. The minimum atomic E-state index is -0.854. The monoisotopic (exact) mass is 313 g/mol. The number of hydrogen-bond donors (Lipinski definition) is 1. The third-order valence-electron chi connectivity index (χ3n) is 2.35. The summed E-state index contributed by atoms with van der Waals surface area (Å²) in [6, 6.07) is 0. The molecule has 1 aromatic heterocycles. The van der Waals surface area contributed by atoms with Crippen LogP contribution in [0.3, 0.4) is 0 Å². The van der Waals surface area contributed by atoms with Crippen molar-refractivity contribution in [2.75, 3.05) is 5.32 Å². The highest BCUT2D eigenvalue weighted by Gasteiger charge is 2.21. The molecule has 1 N–H and O–H groups in total. The quantitative estimate of drug-likeness (QED) is 0.656. The van der Waals surface area contributed by atoms with Crippen LogP contribution in [-0.4, -0.2) is 20.8 Å². The van der Waals surface area contributed by atoms with Crippen LogP contribution >= 0.6 is 11.6 Å². The maximum Gasteiger partial charge on any atom is 0.412 e. The predicted molar refractivity (Wildman–Crippen MR) is 79.6 cm³/mol. The Morgan fingerprint density at radius 3 is 2.48 bits per heavy atom. The number of hydrogen-bond acceptors (Lipinski definition) is 4. The Morgan fingerprint density at radius 2 is 2.00 bits per heavy atom. The van der Waals surface area contributed by atoms with E-state index in [2.05, 4.69) is 11.2 Å². The van der Waals surface area contributed by atoms with Gasteiger partial charge in [-0.2, -0.15) is 0 Å². The van der Waals surface area contributed by atoms with Gasteiger partial charge < -0.3 is 4.74 Å². The summed E-state index contributed by atoms with van der Waals surface area (Å²) in [6.45, 7) is 4.89. The molecule has 1 heterocycles. The summed E-state index contributed by atoms with van der Waals surface area (Å²) in [7, 11) is 1.26. The van der Waals surface area contributed by atoms with Crippen molar-refractivity contribution in [2.45, 2.75) is 32.9 Å². The van der Waals surface area contributed by atoms with Crippen molar-refractivity contribution in [1.82, 2.24) is 9.13 Å². The van der Waals surface area contributed by atoms with Crippen molar-refractivity contribution in [3.05, 3.63) is 26.0 Å². The third kappa shape index (κ3) is 3.89. The van der Waals surface area contributed by atoms with Crippen LogP contribution in [0.1, 0.15) is 20.8 Å². The first-order chi connectivity index (χ1) is 9.58. The van der Waals surface area contributed by atoms with Crippen LogP contribution in [0.2, 0.25) is 5.15 Å². The van der Waals surface area contributed by atoms with Gasteiger partial charge in [0.1, 0.15) is 16.4 Å².